The average molecular weight is 333 g/mol. The Morgan fingerprint density at radius 1 is 1.29 bits per heavy atom. The van der Waals surface area contributed by atoms with Crippen LogP contribution in [0.5, 0.6) is 0 Å². The topological polar surface area (TPSA) is 67.5 Å². The molecule has 7 heteroatoms. The lowest BCUT2D eigenvalue weighted by atomic mass is 10.0. The largest absolute Gasteiger partial charge is 0.392 e. The molecule has 0 aliphatic carbocycles. The molecule has 3 rings (SSSR count). The number of hydrogen-bond donors (Lipinski definition) is 1. The third-order valence-corrected chi connectivity index (χ3v) is 4.51. The van der Waals surface area contributed by atoms with Crippen LogP contribution in [0.4, 0.5) is 4.39 Å². The van der Waals surface area contributed by atoms with Gasteiger partial charge in [0.25, 0.3) is 5.56 Å². The van der Waals surface area contributed by atoms with Gasteiger partial charge in [0.05, 0.1) is 6.10 Å². The number of β-amino-alcohol motifs (C(OH)–C–C–N with tert-alkyl or cyclic N) is 1. The highest BCUT2D eigenvalue weighted by Gasteiger charge is 2.32. The summed E-state index contributed by atoms with van der Waals surface area (Å²) >= 11 is 0. The van der Waals surface area contributed by atoms with Crippen LogP contribution in [-0.4, -0.2) is 31.8 Å². The Morgan fingerprint density at radius 2 is 2.04 bits per heavy atom. The van der Waals surface area contributed by atoms with Crippen molar-refractivity contribution in [1.82, 2.24) is 14.0 Å². The number of benzene rings is 1. The van der Waals surface area contributed by atoms with Crippen molar-refractivity contribution in [3.05, 3.63) is 68.2 Å². The predicted molar refractivity (Wildman–Crippen MR) is 87.1 cm³/mol. The molecule has 0 spiro atoms. The molecule has 1 aliphatic rings. The summed E-state index contributed by atoms with van der Waals surface area (Å²) in [5, 5.41) is 10.0. The van der Waals surface area contributed by atoms with Crippen molar-refractivity contribution < 1.29 is 9.50 Å². The first-order valence-electron chi connectivity index (χ1n) is 7.80. The summed E-state index contributed by atoms with van der Waals surface area (Å²) in [6, 6.07) is 6.12. The van der Waals surface area contributed by atoms with Crippen LogP contribution in [0, 0.1) is 5.82 Å². The standard InChI is InChI=1S/C17H20FN3O3/c1-19-8-12(16(23)20(2)17(19)24)9-21-10-14(22)7-15(21)11-4-3-5-13(18)6-11/h3-6,8,14-15,22H,7,9-10H2,1-2H3. The van der Waals surface area contributed by atoms with E-state index in [4.69, 9.17) is 0 Å². The van der Waals surface area contributed by atoms with Gasteiger partial charge in [0.2, 0.25) is 0 Å². The van der Waals surface area contributed by atoms with E-state index in [1.54, 1.807) is 13.1 Å². The maximum absolute atomic E-state index is 13.5. The zero-order valence-corrected chi connectivity index (χ0v) is 13.6. The van der Waals surface area contributed by atoms with Gasteiger partial charge in [-0.3, -0.25) is 14.3 Å². The van der Waals surface area contributed by atoms with Gasteiger partial charge in [-0.05, 0) is 24.1 Å². The van der Waals surface area contributed by atoms with Crippen molar-refractivity contribution in [2.24, 2.45) is 14.1 Å². The molecule has 1 aliphatic heterocycles. The summed E-state index contributed by atoms with van der Waals surface area (Å²) in [5.41, 5.74) is 0.507. The van der Waals surface area contributed by atoms with E-state index in [0.29, 0.717) is 25.1 Å². The van der Waals surface area contributed by atoms with Gasteiger partial charge in [-0.1, -0.05) is 12.1 Å². The highest BCUT2D eigenvalue weighted by molar-refractivity contribution is 5.22. The highest BCUT2D eigenvalue weighted by Crippen LogP contribution is 2.33. The molecule has 1 fully saturated rings. The van der Waals surface area contributed by atoms with Gasteiger partial charge < -0.3 is 9.67 Å². The average Bonchev–Trinajstić information content (AvgIpc) is 2.91. The molecule has 2 unspecified atom stereocenters. The summed E-state index contributed by atoms with van der Waals surface area (Å²) in [7, 11) is 3.03. The SMILES string of the molecule is Cn1cc(CN2CC(O)CC2c2cccc(F)c2)c(=O)n(C)c1=O. The van der Waals surface area contributed by atoms with E-state index in [9.17, 15) is 19.1 Å². The van der Waals surface area contributed by atoms with E-state index in [0.717, 1.165) is 10.1 Å². The minimum Gasteiger partial charge on any atom is -0.392 e. The van der Waals surface area contributed by atoms with Gasteiger partial charge in [-0.2, -0.15) is 0 Å². The number of aromatic nitrogens is 2. The smallest absolute Gasteiger partial charge is 0.330 e. The van der Waals surface area contributed by atoms with Crippen LogP contribution in [0.1, 0.15) is 23.6 Å². The second-order valence-electron chi connectivity index (χ2n) is 6.30. The zero-order valence-electron chi connectivity index (χ0n) is 13.6. The molecule has 0 saturated carbocycles. The summed E-state index contributed by atoms with van der Waals surface area (Å²) < 4.78 is 15.9. The Balaban J connectivity index is 1.94. The number of nitrogens with zero attached hydrogens (tertiary/aromatic N) is 3. The number of hydrogen-bond acceptors (Lipinski definition) is 4. The number of aryl methyl sites for hydroxylation is 1. The van der Waals surface area contributed by atoms with Crippen molar-refractivity contribution in [1.29, 1.82) is 0 Å². The quantitative estimate of drug-likeness (QED) is 0.890. The van der Waals surface area contributed by atoms with Crippen molar-refractivity contribution in [3.8, 4) is 0 Å². The van der Waals surface area contributed by atoms with Crippen LogP contribution in [-0.2, 0) is 20.6 Å². The van der Waals surface area contributed by atoms with E-state index in [-0.39, 0.29) is 23.1 Å². The van der Waals surface area contributed by atoms with Crippen molar-refractivity contribution in [2.75, 3.05) is 6.54 Å². The van der Waals surface area contributed by atoms with Crippen molar-refractivity contribution in [3.63, 3.8) is 0 Å². The van der Waals surface area contributed by atoms with Gasteiger partial charge in [-0.25, -0.2) is 9.18 Å². The first-order chi connectivity index (χ1) is 11.4. The molecule has 128 valence electrons. The minimum atomic E-state index is -0.533. The molecule has 1 N–H and O–H groups in total. The number of aliphatic hydroxyl groups is 1. The first-order valence-corrected chi connectivity index (χ1v) is 7.80. The molecule has 24 heavy (non-hydrogen) atoms. The second-order valence-corrected chi connectivity index (χ2v) is 6.30. The molecule has 6 nitrogen and oxygen atoms in total. The predicted octanol–water partition coefficient (Wildman–Crippen LogP) is 0.531. The van der Waals surface area contributed by atoms with Gasteiger partial charge in [-0.15, -0.1) is 0 Å². The fourth-order valence-corrected chi connectivity index (χ4v) is 3.33. The normalized spacial score (nSPS) is 21.3. The molecule has 0 amide bonds. The number of likely N-dealkylation sites (tertiary alicyclic amines) is 1. The van der Waals surface area contributed by atoms with Crippen molar-refractivity contribution in [2.45, 2.75) is 25.1 Å². The number of halogens is 1. The molecule has 1 aromatic heterocycles. The number of rotatable bonds is 3. The van der Waals surface area contributed by atoms with E-state index < -0.39 is 6.10 Å². The van der Waals surface area contributed by atoms with Crippen LogP contribution < -0.4 is 11.2 Å². The Hall–Kier alpha value is -2.25. The van der Waals surface area contributed by atoms with Crippen LogP contribution in [0.25, 0.3) is 0 Å². The molecule has 0 radical (unpaired) electrons. The lowest BCUT2D eigenvalue weighted by Gasteiger charge is -2.24. The third-order valence-electron chi connectivity index (χ3n) is 4.51. The van der Waals surface area contributed by atoms with Gasteiger partial charge in [0.15, 0.2) is 0 Å². The van der Waals surface area contributed by atoms with Crippen LogP contribution >= 0.6 is 0 Å². The molecule has 2 aromatic rings. The summed E-state index contributed by atoms with van der Waals surface area (Å²) in [4.78, 5) is 26.0. The van der Waals surface area contributed by atoms with Crippen LogP contribution in [0.2, 0.25) is 0 Å². The molecular weight excluding hydrogens is 313 g/mol. The number of aliphatic hydroxyl groups excluding tert-OH is 1. The molecular formula is C17H20FN3O3. The molecule has 0 bridgehead atoms. The van der Waals surface area contributed by atoms with E-state index >= 15 is 0 Å². The lowest BCUT2D eigenvalue weighted by molar-refractivity contribution is 0.172. The monoisotopic (exact) mass is 333 g/mol. The summed E-state index contributed by atoms with van der Waals surface area (Å²) in [6.07, 6.45) is 1.47. The Morgan fingerprint density at radius 3 is 2.75 bits per heavy atom. The third kappa shape index (κ3) is 3.05. The van der Waals surface area contributed by atoms with Gasteiger partial charge in [0, 0.05) is 45.0 Å². The fourth-order valence-electron chi connectivity index (χ4n) is 3.33. The Kier molecular flexibility index (Phi) is 4.38. The van der Waals surface area contributed by atoms with E-state index in [1.165, 1.54) is 29.9 Å². The summed E-state index contributed by atoms with van der Waals surface area (Å²) in [5.74, 6) is -0.327. The molecule has 1 aromatic carbocycles. The van der Waals surface area contributed by atoms with E-state index in [2.05, 4.69) is 0 Å². The van der Waals surface area contributed by atoms with Gasteiger partial charge in [0.1, 0.15) is 5.82 Å². The Labute approximate surface area is 138 Å². The Bertz CT molecular complexity index is 874. The molecule has 2 heterocycles. The van der Waals surface area contributed by atoms with Crippen LogP contribution in [0.15, 0.2) is 40.1 Å². The maximum atomic E-state index is 13.5. The zero-order chi connectivity index (χ0) is 17.4. The maximum Gasteiger partial charge on any atom is 0.330 e. The molecule has 2 atom stereocenters. The fraction of sp³-hybridized carbons (Fsp3) is 0.412. The first kappa shape index (κ1) is 16.6. The van der Waals surface area contributed by atoms with Crippen molar-refractivity contribution >= 4 is 0 Å². The van der Waals surface area contributed by atoms with E-state index in [1.807, 2.05) is 11.0 Å². The van der Waals surface area contributed by atoms with Crippen LogP contribution in [0.3, 0.4) is 0 Å². The lowest BCUT2D eigenvalue weighted by Crippen LogP contribution is -2.40. The van der Waals surface area contributed by atoms with Gasteiger partial charge >= 0.3 is 5.69 Å². The highest BCUT2D eigenvalue weighted by atomic mass is 19.1. The summed E-state index contributed by atoms with van der Waals surface area (Å²) in [6.45, 7) is 0.687. The minimum absolute atomic E-state index is 0.169. The second kappa shape index (κ2) is 6.33. The molecule has 1 saturated heterocycles.